The molecule has 1 aliphatic rings. The van der Waals surface area contributed by atoms with Crippen LogP contribution in [0.2, 0.25) is 0 Å². The molecule has 0 amide bonds. The second-order valence-electron chi connectivity index (χ2n) is 4.81. The van der Waals surface area contributed by atoms with Crippen LogP contribution >= 0.6 is 0 Å². The molecule has 0 atom stereocenters. The van der Waals surface area contributed by atoms with Crippen molar-refractivity contribution >= 4 is 5.84 Å². The Morgan fingerprint density at radius 3 is 2.89 bits per heavy atom. The smallest absolute Gasteiger partial charge is 0.129 e. The van der Waals surface area contributed by atoms with E-state index >= 15 is 0 Å². The van der Waals surface area contributed by atoms with Gasteiger partial charge in [-0.1, -0.05) is 12.1 Å². The molecular weight excluding hydrogens is 241 g/mol. The highest BCUT2D eigenvalue weighted by atomic mass is 19.1. The van der Waals surface area contributed by atoms with Gasteiger partial charge in [0.05, 0.1) is 0 Å². The summed E-state index contributed by atoms with van der Waals surface area (Å²) < 4.78 is 13.2. The topological polar surface area (TPSA) is 40.0 Å². The van der Waals surface area contributed by atoms with Crippen LogP contribution in [0.5, 0.6) is 0 Å². The Morgan fingerprint density at radius 2 is 2.16 bits per heavy atom. The summed E-state index contributed by atoms with van der Waals surface area (Å²) in [5.41, 5.74) is 3.74. The number of pyridine rings is 1. The predicted molar refractivity (Wildman–Crippen MR) is 71.4 cm³/mol. The van der Waals surface area contributed by atoms with Gasteiger partial charge in [-0.3, -0.25) is 10.4 Å². The lowest BCUT2D eigenvalue weighted by atomic mass is 10.1. The quantitative estimate of drug-likeness (QED) is 0.896. The molecule has 19 heavy (non-hydrogen) atoms. The van der Waals surface area contributed by atoms with Gasteiger partial charge in [0.15, 0.2) is 0 Å². The van der Waals surface area contributed by atoms with Gasteiger partial charge in [0.1, 0.15) is 11.7 Å². The van der Waals surface area contributed by atoms with E-state index in [0.717, 1.165) is 16.8 Å². The fourth-order valence-corrected chi connectivity index (χ4v) is 2.31. The zero-order valence-corrected chi connectivity index (χ0v) is 10.7. The molecule has 0 radical (unpaired) electrons. The third-order valence-electron chi connectivity index (χ3n) is 3.35. The Hall–Kier alpha value is -2.23. The summed E-state index contributed by atoms with van der Waals surface area (Å²) >= 11 is 0. The van der Waals surface area contributed by atoms with Gasteiger partial charge in [-0.2, -0.15) is 0 Å². The fourth-order valence-electron chi connectivity index (χ4n) is 2.31. The first-order chi connectivity index (χ1) is 9.13. The summed E-state index contributed by atoms with van der Waals surface area (Å²) in [5, 5.41) is 8.11. The van der Waals surface area contributed by atoms with Crippen LogP contribution in [0.1, 0.15) is 22.4 Å². The van der Waals surface area contributed by atoms with Crippen molar-refractivity contribution in [1.29, 1.82) is 5.41 Å². The molecule has 0 saturated carbocycles. The normalized spacial score (nSPS) is 13.8. The van der Waals surface area contributed by atoms with E-state index in [0.29, 0.717) is 24.5 Å². The van der Waals surface area contributed by atoms with Crippen molar-refractivity contribution in [2.45, 2.75) is 20.0 Å². The van der Waals surface area contributed by atoms with E-state index in [9.17, 15) is 4.39 Å². The Bertz CT molecular complexity index is 634. The summed E-state index contributed by atoms with van der Waals surface area (Å²) in [6.07, 6.45) is 1.83. The van der Waals surface area contributed by atoms with Crippen LogP contribution in [0.4, 0.5) is 4.39 Å². The van der Waals surface area contributed by atoms with Crippen molar-refractivity contribution in [3.63, 3.8) is 0 Å². The molecule has 0 fully saturated rings. The first-order valence-corrected chi connectivity index (χ1v) is 6.17. The predicted octanol–water partition coefficient (Wildman–Crippen LogP) is 2.87. The summed E-state index contributed by atoms with van der Waals surface area (Å²) in [5.74, 6) is 0.0948. The van der Waals surface area contributed by atoms with Crippen LogP contribution < -0.4 is 0 Å². The maximum atomic E-state index is 13.2. The molecule has 4 heteroatoms. The Morgan fingerprint density at radius 1 is 1.32 bits per heavy atom. The van der Waals surface area contributed by atoms with Crippen LogP contribution in [-0.2, 0) is 13.1 Å². The van der Waals surface area contributed by atoms with Crippen molar-refractivity contribution in [3.05, 3.63) is 64.7 Å². The molecule has 0 spiro atoms. The second-order valence-corrected chi connectivity index (χ2v) is 4.81. The number of nitrogens with zero attached hydrogens (tertiary/aromatic N) is 2. The molecule has 0 bridgehead atoms. The summed E-state index contributed by atoms with van der Waals surface area (Å²) in [6.45, 7) is 3.23. The number of hydrogen-bond donors (Lipinski definition) is 1. The fraction of sp³-hybridized carbons (Fsp3) is 0.200. The molecule has 2 heterocycles. The largest absolute Gasteiger partial charge is 0.348 e. The van der Waals surface area contributed by atoms with E-state index in [4.69, 9.17) is 5.41 Å². The molecule has 96 valence electrons. The molecule has 1 aromatic heterocycles. The van der Waals surface area contributed by atoms with E-state index < -0.39 is 0 Å². The molecular formula is C15H14FN3. The van der Waals surface area contributed by atoms with E-state index in [1.54, 1.807) is 6.07 Å². The minimum absolute atomic E-state index is 0.289. The number of halogens is 1. The molecule has 0 unspecified atom stereocenters. The van der Waals surface area contributed by atoms with Gasteiger partial charge >= 0.3 is 0 Å². The summed E-state index contributed by atoms with van der Waals surface area (Å²) in [4.78, 5) is 6.18. The van der Waals surface area contributed by atoms with Crippen molar-refractivity contribution < 1.29 is 4.39 Å². The van der Waals surface area contributed by atoms with Gasteiger partial charge in [-0.05, 0) is 36.2 Å². The Kier molecular flexibility index (Phi) is 2.78. The van der Waals surface area contributed by atoms with Crippen molar-refractivity contribution in [3.8, 4) is 0 Å². The molecule has 3 rings (SSSR count). The third kappa shape index (κ3) is 2.21. The molecule has 3 nitrogen and oxygen atoms in total. The maximum Gasteiger partial charge on any atom is 0.129 e. The number of benzene rings is 1. The number of amidine groups is 1. The molecule has 0 saturated heterocycles. The number of aromatic nitrogens is 1. The number of hydrogen-bond acceptors (Lipinski definition) is 2. The van der Waals surface area contributed by atoms with Crippen molar-refractivity contribution in [1.82, 2.24) is 9.88 Å². The Balaban J connectivity index is 1.82. The Labute approximate surface area is 111 Å². The number of nitrogens with one attached hydrogen (secondary N) is 1. The average molecular weight is 255 g/mol. The average Bonchev–Trinajstić information content (AvgIpc) is 2.70. The van der Waals surface area contributed by atoms with Crippen LogP contribution in [0, 0.1) is 18.2 Å². The van der Waals surface area contributed by atoms with Gasteiger partial charge in [0.2, 0.25) is 0 Å². The van der Waals surface area contributed by atoms with Gasteiger partial charge < -0.3 is 4.90 Å². The minimum atomic E-state index is -0.289. The highest BCUT2D eigenvalue weighted by Crippen LogP contribution is 2.24. The first kappa shape index (κ1) is 11.8. The standard InChI is InChI=1S/C15H14FN3/c1-10-2-3-11(7-18-10)8-19-9-12-4-5-13(16)6-14(12)15(19)17/h2-7,17H,8-9H2,1H3. The highest BCUT2D eigenvalue weighted by molar-refractivity contribution is 6.00. The van der Waals surface area contributed by atoms with Gasteiger partial charge in [0.25, 0.3) is 0 Å². The highest BCUT2D eigenvalue weighted by Gasteiger charge is 2.24. The van der Waals surface area contributed by atoms with Crippen LogP contribution in [0.15, 0.2) is 36.5 Å². The monoisotopic (exact) mass is 255 g/mol. The van der Waals surface area contributed by atoms with Crippen molar-refractivity contribution in [2.75, 3.05) is 0 Å². The molecule has 2 aromatic rings. The zero-order chi connectivity index (χ0) is 13.4. The van der Waals surface area contributed by atoms with E-state index in [-0.39, 0.29) is 5.82 Å². The summed E-state index contributed by atoms with van der Waals surface area (Å²) in [6, 6.07) is 8.61. The lowest BCUT2D eigenvalue weighted by Crippen LogP contribution is -2.23. The van der Waals surface area contributed by atoms with Gasteiger partial charge in [0, 0.05) is 30.5 Å². The lowest BCUT2D eigenvalue weighted by Gasteiger charge is -2.17. The minimum Gasteiger partial charge on any atom is -0.348 e. The second kappa shape index (κ2) is 4.46. The maximum absolute atomic E-state index is 13.2. The lowest BCUT2D eigenvalue weighted by molar-refractivity contribution is 0.421. The van der Waals surface area contributed by atoms with Crippen LogP contribution in [0.3, 0.4) is 0 Å². The summed E-state index contributed by atoms with van der Waals surface area (Å²) in [7, 11) is 0. The molecule has 1 N–H and O–H groups in total. The molecule has 1 aromatic carbocycles. The number of rotatable bonds is 2. The van der Waals surface area contributed by atoms with E-state index in [1.807, 2.05) is 30.2 Å². The van der Waals surface area contributed by atoms with E-state index in [2.05, 4.69) is 4.98 Å². The van der Waals surface area contributed by atoms with E-state index in [1.165, 1.54) is 12.1 Å². The number of fused-ring (bicyclic) bond motifs is 1. The zero-order valence-electron chi connectivity index (χ0n) is 10.7. The van der Waals surface area contributed by atoms with Crippen molar-refractivity contribution in [2.24, 2.45) is 0 Å². The van der Waals surface area contributed by atoms with Gasteiger partial charge in [-0.25, -0.2) is 4.39 Å². The molecule has 0 aliphatic carbocycles. The first-order valence-electron chi connectivity index (χ1n) is 6.17. The van der Waals surface area contributed by atoms with Gasteiger partial charge in [-0.15, -0.1) is 0 Å². The third-order valence-corrected chi connectivity index (χ3v) is 3.35. The van der Waals surface area contributed by atoms with Crippen LogP contribution in [-0.4, -0.2) is 15.7 Å². The number of aryl methyl sites for hydroxylation is 1. The molecule has 1 aliphatic heterocycles. The van der Waals surface area contributed by atoms with Crippen LogP contribution in [0.25, 0.3) is 0 Å². The SMILES string of the molecule is Cc1ccc(CN2Cc3ccc(F)cc3C2=N)cn1.